The van der Waals surface area contributed by atoms with E-state index < -0.39 is 0 Å². The number of carbonyl (C=O) groups is 1. The summed E-state index contributed by atoms with van der Waals surface area (Å²) < 4.78 is 5.95. The molecular weight excluding hydrogens is 324 g/mol. The fraction of sp³-hybridized carbons (Fsp3) is 0.636. The second-order valence-electron chi connectivity index (χ2n) is 8.09. The minimum absolute atomic E-state index is 0.235. The quantitative estimate of drug-likeness (QED) is 0.733. The topological polar surface area (TPSA) is 46.3 Å². The Kier molecular flexibility index (Phi) is 5.57. The van der Waals surface area contributed by atoms with Crippen LogP contribution in [0.4, 0.5) is 0 Å². The van der Waals surface area contributed by atoms with Crippen LogP contribution in [0.15, 0.2) is 28.7 Å². The molecule has 4 heteroatoms. The molecule has 1 aliphatic carbocycles. The largest absolute Gasteiger partial charge is 0.440 e. The number of aromatic nitrogens is 1. The number of benzene rings is 1. The van der Waals surface area contributed by atoms with Crippen LogP contribution < -0.4 is 0 Å². The molecule has 1 aromatic carbocycles. The minimum atomic E-state index is 0.235. The molecular formula is C22H30N2O2. The molecule has 1 aliphatic heterocycles. The molecule has 1 saturated carbocycles. The Balaban J connectivity index is 1.30. The molecule has 1 atom stereocenters. The Morgan fingerprint density at radius 1 is 1.12 bits per heavy atom. The van der Waals surface area contributed by atoms with Gasteiger partial charge in [-0.3, -0.25) is 4.79 Å². The van der Waals surface area contributed by atoms with Gasteiger partial charge in [0.2, 0.25) is 5.91 Å². The molecule has 0 N–H and O–H groups in total. The summed E-state index contributed by atoms with van der Waals surface area (Å²) in [6, 6.07) is 7.90. The number of hydrogen-bond acceptors (Lipinski definition) is 3. The SMILES string of the molecule is O=C(CCCC1CCCCC1)N1CCCC(c2nc3ccccc3o2)C1. The molecule has 2 heterocycles. The molecule has 1 amide bonds. The van der Waals surface area contributed by atoms with Crippen molar-refractivity contribution in [3.05, 3.63) is 30.2 Å². The Morgan fingerprint density at radius 2 is 1.96 bits per heavy atom. The molecule has 4 nitrogen and oxygen atoms in total. The van der Waals surface area contributed by atoms with Gasteiger partial charge in [-0.05, 0) is 43.7 Å². The Labute approximate surface area is 156 Å². The van der Waals surface area contributed by atoms with Crippen molar-refractivity contribution in [2.45, 2.75) is 70.1 Å². The minimum Gasteiger partial charge on any atom is -0.440 e. The number of nitrogens with zero attached hydrogens (tertiary/aromatic N) is 2. The lowest BCUT2D eigenvalue weighted by Gasteiger charge is -2.31. The van der Waals surface area contributed by atoms with Crippen LogP contribution in [0.3, 0.4) is 0 Å². The van der Waals surface area contributed by atoms with Gasteiger partial charge in [0.1, 0.15) is 5.52 Å². The van der Waals surface area contributed by atoms with E-state index in [1.165, 1.54) is 38.5 Å². The summed E-state index contributed by atoms with van der Waals surface area (Å²) >= 11 is 0. The molecule has 2 aromatic rings. The van der Waals surface area contributed by atoms with E-state index in [0.29, 0.717) is 12.3 Å². The molecule has 26 heavy (non-hydrogen) atoms. The zero-order valence-corrected chi connectivity index (χ0v) is 15.7. The second-order valence-corrected chi connectivity index (χ2v) is 8.09. The Morgan fingerprint density at radius 3 is 2.81 bits per heavy atom. The fourth-order valence-corrected chi connectivity index (χ4v) is 4.65. The van der Waals surface area contributed by atoms with E-state index in [1.807, 2.05) is 29.2 Å². The van der Waals surface area contributed by atoms with Gasteiger partial charge in [0, 0.05) is 19.5 Å². The molecule has 1 saturated heterocycles. The zero-order chi connectivity index (χ0) is 17.8. The molecule has 0 spiro atoms. The van der Waals surface area contributed by atoms with Crippen molar-refractivity contribution in [1.29, 1.82) is 0 Å². The number of fused-ring (bicyclic) bond motifs is 1. The van der Waals surface area contributed by atoms with Gasteiger partial charge in [0.25, 0.3) is 0 Å². The van der Waals surface area contributed by atoms with Crippen molar-refractivity contribution in [2.75, 3.05) is 13.1 Å². The van der Waals surface area contributed by atoms with Crippen LogP contribution in [0, 0.1) is 5.92 Å². The summed E-state index contributed by atoms with van der Waals surface area (Å²) in [5, 5.41) is 0. The van der Waals surface area contributed by atoms with Crippen molar-refractivity contribution in [3.63, 3.8) is 0 Å². The first-order valence-corrected chi connectivity index (χ1v) is 10.4. The molecule has 0 radical (unpaired) electrons. The third-order valence-electron chi connectivity index (χ3n) is 6.16. The standard InChI is InChI=1S/C22H30N2O2/c25-21(14-6-10-17-8-2-1-3-9-17)24-15-7-11-18(16-24)22-23-19-12-4-5-13-20(19)26-22/h4-5,12-13,17-18H,1-3,6-11,14-16H2. The van der Waals surface area contributed by atoms with Gasteiger partial charge in [0.05, 0.1) is 5.92 Å². The number of carbonyl (C=O) groups excluding carboxylic acids is 1. The lowest BCUT2D eigenvalue weighted by molar-refractivity contribution is -0.132. The van der Waals surface area contributed by atoms with E-state index in [1.54, 1.807) is 0 Å². The zero-order valence-electron chi connectivity index (χ0n) is 15.7. The normalized spacial score (nSPS) is 22.0. The third kappa shape index (κ3) is 4.11. The Hall–Kier alpha value is -1.84. The van der Waals surface area contributed by atoms with E-state index in [4.69, 9.17) is 4.42 Å². The molecule has 2 fully saturated rings. The van der Waals surface area contributed by atoms with Crippen LogP contribution in [0.25, 0.3) is 11.1 Å². The lowest BCUT2D eigenvalue weighted by atomic mass is 9.86. The maximum atomic E-state index is 12.7. The van der Waals surface area contributed by atoms with Crippen molar-refractivity contribution >= 4 is 17.0 Å². The van der Waals surface area contributed by atoms with Gasteiger partial charge in [-0.2, -0.15) is 0 Å². The van der Waals surface area contributed by atoms with Crippen LogP contribution in [-0.4, -0.2) is 28.9 Å². The van der Waals surface area contributed by atoms with Gasteiger partial charge >= 0.3 is 0 Å². The van der Waals surface area contributed by atoms with Crippen molar-refractivity contribution in [2.24, 2.45) is 5.92 Å². The highest BCUT2D eigenvalue weighted by Crippen LogP contribution is 2.30. The predicted molar refractivity (Wildman–Crippen MR) is 103 cm³/mol. The highest BCUT2D eigenvalue weighted by atomic mass is 16.3. The summed E-state index contributed by atoms with van der Waals surface area (Å²) in [7, 11) is 0. The molecule has 140 valence electrons. The highest BCUT2D eigenvalue weighted by Gasteiger charge is 2.28. The first-order valence-electron chi connectivity index (χ1n) is 10.4. The summed E-state index contributed by atoms with van der Waals surface area (Å²) in [6.45, 7) is 1.65. The number of oxazole rings is 1. The van der Waals surface area contributed by atoms with E-state index in [0.717, 1.165) is 55.3 Å². The summed E-state index contributed by atoms with van der Waals surface area (Å²) in [5.74, 6) is 2.22. The monoisotopic (exact) mass is 354 g/mol. The number of para-hydroxylation sites is 2. The van der Waals surface area contributed by atoms with E-state index >= 15 is 0 Å². The molecule has 4 rings (SSSR count). The average molecular weight is 354 g/mol. The van der Waals surface area contributed by atoms with Gasteiger partial charge in [-0.15, -0.1) is 0 Å². The summed E-state index contributed by atoms with van der Waals surface area (Å²) in [5.41, 5.74) is 1.76. The second kappa shape index (κ2) is 8.24. The number of amides is 1. The van der Waals surface area contributed by atoms with Gasteiger partial charge in [-0.25, -0.2) is 4.98 Å². The molecule has 1 unspecified atom stereocenters. The van der Waals surface area contributed by atoms with Crippen LogP contribution >= 0.6 is 0 Å². The van der Waals surface area contributed by atoms with Gasteiger partial charge in [0.15, 0.2) is 11.5 Å². The van der Waals surface area contributed by atoms with Gasteiger partial charge in [-0.1, -0.05) is 44.2 Å². The number of likely N-dealkylation sites (tertiary alicyclic amines) is 1. The average Bonchev–Trinajstić information content (AvgIpc) is 3.13. The first kappa shape index (κ1) is 17.6. The van der Waals surface area contributed by atoms with Crippen molar-refractivity contribution in [3.8, 4) is 0 Å². The number of piperidine rings is 1. The smallest absolute Gasteiger partial charge is 0.222 e. The van der Waals surface area contributed by atoms with E-state index in [-0.39, 0.29) is 5.92 Å². The highest BCUT2D eigenvalue weighted by molar-refractivity contribution is 5.76. The fourth-order valence-electron chi connectivity index (χ4n) is 4.65. The van der Waals surface area contributed by atoms with Crippen LogP contribution in [0.1, 0.15) is 76.0 Å². The van der Waals surface area contributed by atoms with E-state index in [9.17, 15) is 4.79 Å². The number of hydrogen-bond donors (Lipinski definition) is 0. The van der Waals surface area contributed by atoms with Crippen molar-refractivity contribution < 1.29 is 9.21 Å². The maximum absolute atomic E-state index is 12.7. The van der Waals surface area contributed by atoms with E-state index in [2.05, 4.69) is 4.98 Å². The molecule has 2 aliphatic rings. The van der Waals surface area contributed by atoms with Crippen molar-refractivity contribution in [1.82, 2.24) is 9.88 Å². The maximum Gasteiger partial charge on any atom is 0.222 e. The van der Waals surface area contributed by atoms with Crippen LogP contribution in [0.2, 0.25) is 0 Å². The Bertz CT molecular complexity index is 700. The third-order valence-corrected chi connectivity index (χ3v) is 6.16. The first-order chi connectivity index (χ1) is 12.8. The number of rotatable bonds is 5. The summed E-state index contributed by atoms with van der Waals surface area (Å²) in [4.78, 5) is 19.4. The van der Waals surface area contributed by atoms with Gasteiger partial charge < -0.3 is 9.32 Å². The summed E-state index contributed by atoms with van der Waals surface area (Å²) in [6.07, 6.45) is 12.0. The lowest BCUT2D eigenvalue weighted by Crippen LogP contribution is -2.39. The molecule has 1 aromatic heterocycles. The predicted octanol–water partition coefficient (Wildman–Crippen LogP) is 5.28. The molecule has 0 bridgehead atoms. The van der Waals surface area contributed by atoms with Crippen LogP contribution in [0.5, 0.6) is 0 Å². The van der Waals surface area contributed by atoms with Crippen LogP contribution in [-0.2, 0) is 4.79 Å².